The Morgan fingerprint density at radius 2 is 1.74 bits per heavy atom. The zero-order valence-electron chi connectivity index (χ0n) is 17.6. The van der Waals surface area contributed by atoms with Gasteiger partial charge in [0, 0.05) is 36.5 Å². The molecule has 8 heteroatoms. The summed E-state index contributed by atoms with van der Waals surface area (Å²) in [6.45, 7) is 3.47. The largest absolute Gasteiger partial charge is 0.451 e. The number of alkyl halides is 3. The fourth-order valence-electron chi connectivity index (χ4n) is 5.85. The van der Waals surface area contributed by atoms with Crippen molar-refractivity contribution in [3.63, 3.8) is 0 Å². The van der Waals surface area contributed by atoms with E-state index < -0.39 is 12.0 Å². The molecule has 2 aliphatic heterocycles. The van der Waals surface area contributed by atoms with E-state index >= 15 is 0 Å². The SMILES string of the molecule is OC1CCC(N2CC[C@]3(CCCN(c4nc(C(F)(F)F)nc5ccccc45)C3)C2)CC1. The Labute approximate surface area is 180 Å². The minimum Gasteiger partial charge on any atom is -0.393 e. The van der Waals surface area contributed by atoms with Gasteiger partial charge in [0.1, 0.15) is 5.82 Å². The van der Waals surface area contributed by atoms with Crippen molar-refractivity contribution in [1.29, 1.82) is 0 Å². The number of aliphatic hydroxyl groups is 1. The highest BCUT2D eigenvalue weighted by atomic mass is 19.4. The second-order valence-electron chi connectivity index (χ2n) is 9.59. The molecule has 1 aromatic carbocycles. The number of halogens is 3. The van der Waals surface area contributed by atoms with Gasteiger partial charge in [0.15, 0.2) is 0 Å². The van der Waals surface area contributed by atoms with Gasteiger partial charge in [-0.3, -0.25) is 4.90 Å². The molecule has 3 heterocycles. The first-order valence-corrected chi connectivity index (χ1v) is 11.3. The van der Waals surface area contributed by atoms with E-state index in [4.69, 9.17) is 0 Å². The van der Waals surface area contributed by atoms with Crippen LogP contribution in [0.15, 0.2) is 24.3 Å². The molecule has 3 aliphatic rings. The molecular formula is C23H29F3N4O. The fraction of sp³-hybridized carbons (Fsp3) is 0.652. The number of hydrogen-bond donors (Lipinski definition) is 1. The van der Waals surface area contributed by atoms with Crippen molar-refractivity contribution in [2.24, 2.45) is 5.41 Å². The number of hydrogen-bond acceptors (Lipinski definition) is 5. The van der Waals surface area contributed by atoms with Crippen LogP contribution in [0.5, 0.6) is 0 Å². The number of anilines is 1. The van der Waals surface area contributed by atoms with Crippen molar-refractivity contribution >= 4 is 16.7 Å². The Hall–Kier alpha value is -1.93. The number of rotatable bonds is 2. The van der Waals surface area contributed by atoms with Gasteiger partial charge in [0.2, 0.25) is 5.82 Å². The molecule has 0 radical (unpaired) electrons. The Balaban J connectivity index is 1.40. The van der Waals surface area contributed by atoms with Crippen LogP contribution in [0.25, 0.3) is 10.9 Å². The molecule has 168 valence electrons. The van der Waals surface area contributed by atoms with E-state index in [1.54, 1.807) is 12.1 Å². The van der Waals surface area contributed by atoms with Crippen LogP contribution < -0.4 is 4.90 Å². The monoisotopic (exact) mass is 434 g/mol. The molecule has 0 bridgehead atoms. The summed E-state index contributed by atoms with van der Waals surface area (Å²) in [6, 6.07) is 7.52. The molecule has 0 unspecified atom stereocenters. The van der Waals surface area contributed by atoms with Crippen LogP contribution in [-0.4, -0.2) is 58.3 Å². The summed E-state index contributed by atoms with van der Waals surface area (Å²) >= 11 is 0. The van der Waals surface area contributed by atoms with Crippen LogP contribution in [0.4, 0.5) is 19.0 Å². The summed E-state index contributed by atoms with van der Waals surface area (Å²) < 4.78 is 40.4. The van der Waals surface area contributed by atoms with E-state index in [9.17, 15) is 18.3 Å². The highest BCUT2D eigenvalue weighted by Crippen LogP contribution is 2.43. The summed E-state index contributed by atoms with van der Waals surface area (Å²) in [4.78, 5) is 12.4. The molecule has 5 rings (SSSR count). The number of aromatic nitrogens is 2. The Morgan fingerprint density at radius 3 is 2.52 bits per heavy atom. The topological polar surface area (TPSA) is 52.5 Å². The van der Waals surface area contributed by atoms with E-state index in [0.717, 1.165) is 71.1 Å². The first-order chi connectivity index (χ1) is 14.8. The number of aliphatic hydroxyl groups excluding tert-OH is 1. The van der Waals surface area contributed by atoms with Crippen LogP contribution in [0.1, 0.15) is 50.8 Å². The van der Waals surface area contributed by atoms with Gasteiger partial charge in [-0.1, -0.05) is 12.1 Å². The number of fused-ring (bicyclic) bond motifs is 1. The van der Waals surface area contributed by atoms with Gasteiger partial charge in [-0.05, 0) is 63.6 Å². The van der Waals surface area contributed by atoms with Gasteiger partial charge < -0.3 is 10.0 Å². The first kappa shape index (κ1) is 20.9. The highest BCUT2D eigenvalue weighted by Gasteiger charge is 2.44. The minimum atomic E-state index is -4.57. The third-order valence-corrected chi connectivity index (χ3v) is 7.45. The maximum absolute atomic E-state index is 13.5. The van der Waals surface area contributed by atoms with Gasteiger partial charge in [-0.2, -0.15) is 13.2 Å². The van der Waals surface area contributed by atoms with Gasteiger partial charge in [0.25, 0.3) is 0 Å². The summed E-state index contributed by atoms with van der Waals surface area (Å²) in [5, 5.41) is 10.5. The van der Waals surface area contributed by atoms with Gasteiger partial charge in [-0.15, -0.1) is 0 Å². The number of piperidine rings is 1. The second kappa shape index (κ2) is 7.89. The Bertz CT molecular complexity index is 944. The quantitative estimate of drug-likeness (QED) is 0.766. The number of nitrogens with zero attached hydrogens (tertiary/aromatic N) is 4. The van der Waals surface area contributed by atoms with Crippen LogP contribution in [-0.2, 0) is 6.18 Å². The molecule has 1 N–H and O–H groups in total. The van der Waals surface area contributed by atoms with Gasteiger partial charge >= 0.3 is 6.18 Å². The fourth-order valence-corrected chi connectivity index (χ4v) is 5.85. The van der Waals surface area contributed by atoms with E-state index in [1.165, 1.54) is 0 Å². The maximum Gasteiger partial charge on any atom is 0.451 e. The molecule has 2 aromatic rings. The van der Waals surface area contributed by atoms with Crippen molar-refractivity contribution in [1.82, 2.24) is 14.9 Å². The molecule has 5 nitrogen and oxygen atoms in total. The molecule has 31 heavy (non-hydrogen) atoms. The highest BCUT2D eigenvalue weighted by molar-refractivity contribution is 5.89. The summed E-state index contributed by atoms with van der Waals surface area (Å²) in [6.07, 6.45) is 2.20. The van der Waals surface area contributed by atoms with E-state index in [-0.39, 0.29) is 11.5 Å². The number of likely N-dealkylation sites (tertiary alicyclic amines) is 1. The third-order valence-electron chi connectivity index (χ3n) is 7.45. The lowest BCUT2D eigenvalue weighted by molar-refractivity contribution is -0.144. The van der Waals surface area contributed by atoms with E-state index in [1.807, 2.05) is 12.1 Å². The van der Waals surface area contributed by atoms with Crippen LogP contribution >= 0.6 is 0 Å². The Kier molecular flexibility index (Phi) is 5.33. The van der Waals surface area contributed by atoms with Crippen molar-refractivity contribution in [3.05, 3.63) is 30.1 Å². The molecule has 1 saturated carbocycles. The zero-order chi connectivity index (χ0) is 21.6. The lowest BCUT2D eigenvalue weighted by Gasteiger charge is -2.42. The molecule has 1 aromatic heterocycles. The smallest absolute Gasteiger partial charge is 0.393 e. The summed E-state index contributed by atoms with van der Waals surface area (Å²) in [5.41, 5.74) is 0.437. The molecular weight excluding hydrogens is 405 g/mol. The molecule has 2 saturated heterocycles. The predicted octanol–water partition coefficient (Wildman–Crippen LogP) is 4.24. The molecule has 1 atom stereocenters. The van der Waals surface area contributed by atoms with Gasteiger partial charge in [0.05, 0.1) is 11.6 Å². The van der Waals surface area contributed by atoms with Crippen molar-refractivity contribution in [2.75, 3.05) is 31.1 Å². The number of benzene rings is 1. The third kappa shape index (κ3) is 4.12. The molecule has 0 amide bonds. The minimum absolute atomic E-state index is 0.0960. The molecule has 1 aliphatic carbocycles. The lowest BCUT2D eigenvalue weighted by atomic mass is 9.79. The second-order valence-corrected chi connectivity index (χ2v) is 9.59. The molecule has 3 fully saturated rings. The zero-order valence-corrected chi connectivity index (χ0v) is 17.6. The summed E-state index contributed by atoms with van der Waals surface area (Å²) in [7, 11) is 0. The normalized spacial score (nSPS) is 30.4. The van der Waals surface area contributed by atoms with Gasteiger partial charge in [-0.25, -0.2) is 9.97 Å². The van der Waals surface area contributed by atoms with Crippen molar-refractivity contribution in [2.45, 2.75) is 63.3 Å². The lowest BCUT2D eigenvalue weighted by Crippen LogP contribution is -2.47. The van der Waals surface area contributed by atoms with Crippen LogP contribution in [0, 0.1) is 5.41 Å². The maximum atomic E-state index is 13.5. The van der Waals surface area contributed by atoms with Crippen LogP contribution in [0.2, 0.25) is 0 Å². The standard InChI is InChI=1S/C23H29F3N4O/c24-23(25,26)21-27-19-5-2-1-4-18(19)20(28-21)30-12-3-10-22(15-30)11-13-29(14-22)16-6-8-17(31)9-7-16/h1-2,4-5,16-17,31H,3,6-15H2/t16?,17?,22-/m1/s1. The molecule has 1 spiro atoms. The van der Waals surface area contributed by atoms with Crippen LogP contribution in [0.3, 0.4) is 0 Å². The van der Waals surface area contributed by atoms with E-state index in [0.29, 0.717) is 22.8 Å². The van der Waals surface area contributed by atoms with E-state index in [2.05, 4.69) is 19.8 Å². The average Bonchev–Trinajstić information content (AvgIpc) is 3.15. The van der Waals surface area contributed by atoms with Crippen molar-refractivity contribution in [3.8, 4) is 0 Å². The predicted molar refractivity (Wildman–Crippen MR) is 113 cm³/mol. The average molecular weight is 435 g/mol. The Morgan fingerprint density at radius 1 is 0.968 bits per heavy atom. The summed E-state index contributed by atoms with van der Waals surface area (Å²) in [5.74, 6) is -0.647. The van der Waals surface area contributed by atoms with Crippen molar-refractivity contribution < 1.29 is 18.3 Å². The number of para-hydroxylation sites is 1. The first-order valence-electron chi connectivity index (χ1n) is 11.3.